The fourth-order valence-corrected chi connectivity index (χ4v) is 1.36. The van der Waals surface area contributed by atoms with Crippen molar-refractivity contribution in [3.63, 3.8) is 0 Å². The minimum atomic E-state index is -0.675. The van der Waals surface area contributed by atoms with Gasteiger partial charge in [-0.1, -0.05) is 0 Å². The molecule has 0 bridgehead atoms. The van der Waals surface area contributed by atoms with Crippen LogP contribution in [0.2, 0.25) is 0 Å². The van der Waals surface area contributed by atoms with E-state index in [2.05, 4.69) is 0 Å². The maximum absolute atomic E-state index is 12.0. The van der Waals surface area contributed by atoms with E-state index in [1.54, 1.807) is 0 Å². The first-order valence-corrected chi connectivity index (χ1v) is 5.83. The molecule has 0 aromatic rings. The van der Waals surface area contributed by atoms with Gasteiger partial charge in [-0.25, -0.2) is 0 Å². The van der Waals surface area contributed by atoms with Gasteiger partial charge in [0.1, 0.15) is 6.10 Å². The Morgan fingerprint density at radius 3 is 2.19 bits per heavy atom. The highest BCUT2D eigenvalue weighted by Crippen LogP contribution is 2.30. The zero-order chi connectivity index (χ0) is 12.4. The van der Waals surface area contributed by atoms with E-state index in [1.165, 1.54) is 0 Å². The van der Waals surface area contributed by atoms with Gasteiger partial charge in [-0.2, -0.15) is 0 Å². The Morgan fingerprint density at radius 2 is 1.75 bits per heavy atom. The lowest BCUT2D eigenvalue weighted by atomic mass is 9.75. The molecular formula is C12H23NO3. The average molecular weight is 229 g/mol. The lowest BCUT2D eigenvalue weighted by Crippen LogP contribution is -2.53. The number of esters is 1. The van der Waals surface area contributed by atoms with Gasteiger partial charge in [-0.05, 0) is 27.7 Å². The highest BCUT2D eigenvalue weighted by Gasteiger charge is 2.42. The maximum atomic E-state index is 12.0. The first-order chi connectivity index (χ1) is 7.25. The lowest BCUT2D eigenvalue weighted by Gasteiger charge is -2.37. The number of nitrogens with two attached hydrogens (primary N) is 1. The van der Waals surface area contributed by atoms with Gasteiger partial charge in [-0.15, -0.1) is 0 Å². The molecule has 0 saturated carbocycles. The second-order valence-corrected chi connectivity index (χ2v) is 5.56. The minimum absolute atomic E-state index is 0.0112. The van der Waals surface area contributed by atoms with Gasteiger partial charge in [0.05, 0.1) is 18.6 Å². The molecule has 4 nitrogen and oxygen atoms in total. The predicted octanol–water partition coefficient (Wildman–Crippen LogP) is 1.47. The van der Waals surface area contributed by atoms with Crippen LogP contribution in [0.25, 0.3) is 0 Å². The molecular weight excluding hydrogens is 206 g/mol. The van der Waals surface area contributed by atoms with Crippen LogP contribution < -0.4 is 5.73 Å². The second kappa shape index (κ2) is 4.72. The highest BCUT2D eigenvalue weighted by molar-refractivity contribution is 5.77. The van der Waals surface area contributed by atoms with Crippen LogP contribution in [-0.2, 0) is 14.3 Å². The molecule has 16 heavy (non-hydrogen) atoms. The number of hydrogen-bond acceptors (Lipinski definition) is 4. The maximum Gasteiger partial charge on any atom is 0.313 e. The van der Waals surface area contributed by atoms with Gasteiger partial charge >= 0.3 is 5.97 Å². The van der Waals surface area contributed by atoms with Gasteiger partial charge in [0.25, 0.3) is 0 Å². The molecule has 0 radical (unpaired) electrons. The largest absolute Gasteiger partial charge is 0.462 e. The van der Waals surface area contributed by atoms with Crippen LogP contribution in [0.15, 0.2) is 0 Å². The second-order valence-electron chi connectivity index (χ2n) is 5.56. The molecule has 0 atom stereocenters. The summed E-state index contributed by atoms with van der Waals surface area (Å²) in [5.74, 6) is -0.216. The molecule has 0 aliphatic carbocycles. The normalized spacial score (nSPS) is 19.6. The molecule has 1 heterocycles. The van der Waals surface area contributed by atoms with Gasteiger partial charge in [0.2, 0.25) is 0 Å². The number of rotatable bonds is 3. The van der Waals surface area contributed by atoms with Crippen molar-refractivity contribution in [2.24, 2.45) is 11.1 Å². The molecule has 4 heteroatoms. The Kier molecular flexibility index (Phi) is 3.97. The zero-order valence-corrected chi connectivity index (χ0v) is 10.7. The van der Waals surface area contributed by atoms with Crippen LogP contribution >= 0.6 is 0 Å². The molecule has 1 aliphatic rings. The molecule has 1 fully saturated rings. The van der Waals surface area contributed by atoms with Crippen LogP contribution in [0.4, 0.5) is 0 Å². The first-order valence-electron chi connectivity index (χ1n) is 5.83. The average Bonchev–Trinajstić information content (AvgIpc) is 2.17. The predicted molar refractivity (Wildman–Crippen MR) is 62.0 cm³/mol. The topological polar surface area (TPSA) is 61.6 Å². The molecule has 1 aliphatic heterocycles. The van der Waals surface area contributed by atoms with E-state index in [9.17, 15) is 4.79 Å². The van der Waals surface area contributed by atoms with E-state index in [0.29, 0.717) is 13.2 Å². The van der Waals surface area contributed by atoms with E-state index >= 15 is 0 Å². The summed E-state index contributed by atoms with van der Waals surface area (Å²) in [6.45, 7) is 8.69. The van der Waals surface area contributed by atoms with Crippen LogP contribution in [0.3, 0.4) is 0 Å². The summed E-state index contributed by atoms with van der Waals surface area (Å²) < 4.78 is 10.7. The molecule has 0 amide bonds. The van der Waals surface area contributed by atoms with Crippen molar-refractivity contribution >= 4 is 5.97 Å². The first kappa shape index (κ1) is 13.5. The van der Waals surface area contributed by atoms with Crippen molar-refractivity contribution in [2.45, 2.75) is 52.2 Å². The van der Waals surface area contributed by atoms with E-state index in [-0.39, 0.29) is 12.1 Å². The Morgan fingerprint density at radius 1 is 1.25 bits per heavy atom. The fraction of sp³-hybridized carbons (Fsp3) is 0.917. The standard InChI is InChI=1S/C12H23NO3/c1-11(2,12(3,4)13)10(14)16-9-5-7-15-8-6-9/h9H,5-8,13H2,1-4H3. The number of carbonyl (C=O) groups is 1. The van der Waals surface area contributed by atoms with Crippen molar-refractivity contribution in [1.29, 1.82) is 0 Å². The Hall–Kier alpha value is -0.610. The smallest absolute Gasteiger partial charge is 0.313 e. The SMILES string of the molecule is CC(C)(N)C(C)(C)C(=O)OC1CCOCC1. The van der Waals surface area contributed by atoms with E-state index in [4.69, 9.17) is 15.2 Å². The van der Waals surface area contributed by atoms with Crippen molar-refractivity contribution in [3.8, 4) is 0 Å². The van der Waals surface area contributed by atoms with Crippen molar-refractivity contribution in [1.82, 2.24) is 0 Å². The number of carbonyl (C=O) groups excluding carboxylic acids is 1. The molecule has 1 rings (SSSR count). The van der Waals surface area contributed by atoms with Gasteiger partial charge in [0, 0.05) is 18.4 Å². The van der Waals surface area contributed by atoms with Crippen molar-refractivity contribution in [3.05, 3.63) is 0 Å². The molecule has 0 unspecified atom stereocenters. The van der Waals surface area contributed by atoms with Crippen LogP contribution in [0.5, 0.6) is 0 Å². The van der Waals surface area contributed by atoms with Crippen molar-refractivity contribution < 1.29 is 14.3 Å². The quantitative estimate of drug-likeness (QED) is 0.744. The summed E-state index contributed by atoms with van der Waals surface area (Å²) in [6.07, 6.45) is 1.56. The summed E-state index contributed by atoms with van der Waals surface area (Å²) in [6, 6.07) is 0. The summed E-state index contributed by atoms with van der Waals surface area (Å²) in [5.41, 5.74) is 4.73. The Balaban J connectivity index is 2.57. The molecule has 0 aromatic heterocycles. The van der Waals surface area contributed by atoms with Crippen LogP contribution in [-0.4, -0.2) is 30.8 Å². The molecule has 0 aromatic carbocycles. The molecule has 94 valence electrons. The lowest BCUT2D eigenvalue weighted by molar-refractivity contribution is -0.167. The zero-order valence-electron chi connectivity index (χ0n) is 10.7. The molecule has 1 saturated heterocycles. The van der Waals surface area contributed by atoms with Gasteiger partial charge < -0.3 is 15.2 Å². The summed E-state index contributed by atoms with van der Waals surface area (Å²) >= 11 is 0. The number of ether oxygens (including phenoxy) is 2. The Bertz CT molecular complexity index is 249. The van der Waals surface area contributed by atoms with Crippen molar-refractivity contribution in [2.75, 3.05) is 13.2 Å². The highest BCUT2D eigenvalue weighted by atomic mass is 16.6. The monoisotopic (exact) mass is 229 g/mol. The van der Waals surface area contributed by atoms with Crippen LogP contribution in [0, 0.1) is 5.41 Å². The minimum Gasteiger partial charge on any atom is -0.462 e. The summed E-state index contributed by atoms with van der Waals surface area (Å²) in [7, 11) is 0. The Labute approximate surface area is 97.5 Å². The van der Waals surface area contributed by atoms with E-state index < -0.39 is 11.0 Å². The van der Waals surface area contributed by atoms with Crippen LogP contribution in [0.1, 0.15) is 40.5 Å². The van der Waals surface area contributed by atoms with E-state index in [0.717, 1.165) is 12.8 Å². The summed E-state index contributed by atoms with van der Waals surface area (Å²) in [4.78, 5) is 12.0. The third-order valence-corrected chi connectivity index (χ3v) is 3.56. The fourth-order valence-electron chi connectivity index (χ4n) is 1.36. The molecule has 2 N–H and O–H groups in total. The van der Waals surface area contributed by atoms with Gasteiger partial charge in [0.15, 0.2) is 0 Å². The summed E-state index contributed by atoms with van der Waals surface area (Å²) in [5, 5.41) is 0. The van der Waals surface area contributed by atoms with Gasteiger partial charge in [-0.3, -0.25) is 4.79 Å². The number of hydrogen-bond donors (Lipinski definition) is 1. The van der Waals surface area contributed by atoms with E-state index in [1.807, 2.05) is 27.7 Å². The third-order valence-electron chi connectivity index (χ3n) is 3.56. The third kappa shape index (κ3) is 2.95. The molecule has 0 spiro atoms.